The first kappa shape index (κ1) is 10.1. The highest BCUT2D eigenvalue weighted by Gasteiger charge is 2.37. The SMILES string of the molecule is O=C1CCc2c(ncnc2C(F)(F)F)C1. The molecule has 0 fully saturated rings. The van der Waals surface area contributed by atoms with E-state index in [4.69, 9.17) is 0 Å². The third-order valence-electron chi connectivity index (χ3n) is 2.32. The summed E-state index contributed by atoms with van der Waals surface area (Å²) < 4.78 is 37.5. The number of nitrogens with zero attached hydrogens (tertiary/aromatic N) is 2. The van der Waals surface area contributed by atoms with Crippen molar-refractivity contribution in [2.75, 3.05) is 0 Å². The Morgan fingerprint density at radius 1 is 1.20 bits per heavy atom. The number of carbonyl (C=O) groups excluding carboxylic acids is 1. The summed E-state index contributed by atoms with van der Waals surface area (Å²) in [6.45, 7) is 0. The number of fused-ring (bicyclic) bond motifs is 1. The number of hydrogen-bond donors (Lipinski definition) is 0. The van der Waals surface area contributed by atoms with Gasteiger partial charge in [-0.3, -0.25) is 4.79 Å². The lowest BCUT2D eigenvalue weighted by Gasteiger charge is -2.17. The fraction of sp³-hybridized carbons (Fsp3) is 0.444. The summed E-state index contributed by atoms with van der Waals surface area (Å²) in [5.41, 5.74) is -0.613. The number of Topliss-reactive ketones (excluding diaryl/α,β-unsaturated/α-hetero) is 1. The van der Waals surface area contributed by atoms with Crippen LogP contribution in [0.4, 0.5) is 13.2 Å². The highest BCUT2D eigenvalue weighted by atomic mass is 19.4. The van der Waals surface area contributed by atoms with Crippen molar-refractivity contribution in [1.29, 1.82) is 0 Å². The van der Waals surface area contributed by atoms with Gasteiger partial charge in [0, 0.05) is 18.4 Å². The summed E-state index contributed by atoms with van der Waals surface area (Å²) in [7, 11) is 0. The number of hydrogen-bond acceptors (Lipinski definition) is 3. The maximum atomic E-state index is 12.5. The fourth-order valence-corrected chi connectivity index (χ4v) is 1.65. The zero-order valence-corrected chi connectivity index (χ0v) is 7.64. The zero-order valence-electron chi connectivity index (χ0n) is 7.64. The molecule has 0 bridgehead atoms. The second-order valence-corrected chi connectivity index (χ2v) is 3.36. The first-order chi connectivity index (χ1) is 6.98. The number of rotatable bonds is 0. The molecule has 0 spiro atoms. The Balaban J connectivity index is 2.51. The van der Waals surface area contributed by atoms with Gasteiger partial charge >= 0.3 is 6.18 Å². The minimum atomic E-state index is -4.46. The molecule has 0 N–H and O–H groups in total. The standard InChI is InChI=1S/C9H7F3N2O/c10-9(11,12)8-6-2-1-5(15)3-7(6)13-4-14-8/h4H,1-3H2. The van der Waals surface area contributed by atoms with Gasteiger partial charge < -0.3 is 0 Å². The van der Waals surface area contributed by atoms with Crippen LogP contribution < -0.4 is 0 Å². The van der Waals surface area contributed by atoms with Gasteiger partial charge in [0.05, 0.1) is 5.69 Å². The molecule has 1 aliphatic rings. The van der Waals surface area contributed by atoms with Crippen molar-refractivity contribution in [2.45, 2.75) is 25.4 Å². The molecule has 0 radical (unpaired) electrons. The molecule has 1 aromatic heterocycles. The Hall–Kier alpha value is -1.46. The minimum absolute atomic E-state index is 0.0130. The molecule has 80 valence electrons. The van der Waals surface area contributed by atoms with E-state index in [0.29, 0.717) is 0 Å². The summed E-state index contributed by atoms with van der Waals surface area (Å²) in [5, 5.41) is 0. The molecule has 6 heteroatoms. The van der Waals surface area contributed by atoms with Gasteiger partial charge in [0.1, 0.15) is 12.1 Å². The topological polar surface area (TPSA) is 42.9 Å². The molecule has 1 aliphatic carbocycles. The first-order valence-corrected chi connectivity index (χ1v) is 4.40. The van der Waals surface area contributed by atoms with Gasteiger partial charge in [0.15, 0.2) is 5.69 Å². The van der Waals surface area contributed by atoms with Gasteiger partial charge in [0.2, 0.25) is 0 Å². The van der Waals surface area contributed by atoms with Gasteiger partial charge in [-0.25, -0.2) is 9.97 Å². The predicted octanol–water partition coefficient (Wildman–Crippen LogP) is 1.55. The van der Waals surface area contributed by atoms with Crippen LogP contribution in [0, 0.1) is 0 Å². The highest BCUT2D eigenvalue weighted by Crippen LogP contribution is 2.33. The molecule has 0 aliphatic heterocycles. The Morgan fingerprint density at radius 2 is 1.93 bits per heavy atom. The lowest BCUT2D eigenvalue weighted by molar-refractivity contribution is -0.142. The summed E-state index contributed by atoms with van der Waals surface area (Å²) in [6, 6.07) is 0. The summed E-state index contributed by atoms with van der Waals surface area (Å²) in [5.74, 6) is -0.0747. The largest absolute Gasteiger partial charge is 0.433 e. The number of halogens is 3. The quantitative estimate of drug-likeness (QED) is 0.660. The predicted molar refractivity (Wildman–Crippen MR) is 44.1 cm³/mol. The number of ketones is 1. The van der Waals surface area contributed by atoms with E-state index < -0.39 is 11.9 Å². The normalized spacial score (nSPS) is 16.3. The van der Waals surface area contributed by atoms with Crippen LogP contribution in [0.1, 0.15) is 23.4 Å². The zero-order chi connectivity index (χ0) is 11.1. The third-order valence-corrected chi connectivity index (χ3v) is 2.32. The van der Waals surface area contributed by atoms with Gasteiger partial charge in [0.25, 0.3) is 0 Å². The summed E-state index contributed by atoms with van der Waals surface area (Å²) >= 11 is 0. The minimum Gasteiger partial charge on any atom is -0.299 e. The maximum absolute atomic E-state index is 12.5. The molecule has 0 saturated carbocycles. The first-order valence-electron chi connectivity index (χ1n) is 4.40. The lowest BCUT2D eigenvalue weighted by atomic mass is 9.93. The molecule has 0 unspecified atom stereocenters. The van der Waals surface area contributed by atoms with E-state index in [2.05, 4.69) is 9.97 Å². The van der Waals surface area contributed by atoms with Crippen LogP contribution >= 0.6 is 0 Å². The smallest absolute Gasteiger partial charge is 0.299 e. The van der Waals surface area contributed by atoms with Crippen LogP contribution in [-0.2, 0) is 23.8 Å². The molecule has 3 nitrogen and oxygen atoms in total. The average Bonchev–Trinajstić information content (AvgIpc) is 2.15. The van der Waals surface area contributed by atoms with Gasteiger partial charge in [-0.1, -0.05) is 0 Å². The molecule has 2 rings (SSSR count). The van der Waals surface area contributed by atoms with E-state index in [9.17, 15) is 18.0 Å². The maximum Gasteiger partial charge on any atom is 0.433 e. The van der Waals surface area contributed by atoms with Crippen LogP contribution in [0.3, 0.4) is 0 Å². The molecular formula is C9H7F3N2O. The number of aromatic nitrogens is 2. The molecule has 0 saturated heterocycles. The number of alkyl halides is 3. The van der Waals surface area contributed by atoms with Crippen LogP contribution in [0.2, 0.25) is 0 Å². The Bertz CT molecular complexity index is 414. The molecule has 1 heterocycles. The van der Waals surface area contributed by atoms with Crippen molar-refractivity contribution in [1.82, 2.24) is 9.97 Å². The van der Waals surface area contributed by atoms with Crippen molar-refractivity contribution < 1.29 is 18.0 Å². The van der Waals surface area contributed by atoms with E-state index in [1.165, 1.54) is 0 Å². The van der Waals surface area contributed by atoms with Gasteiger partial charge in [-0.2, -0.15) is 13.2 Å². The Morgan fingerprint density at radius 3 is 2.60 bits per heavy atom. The van der Waals surface area contributed by atoms with Crippen molar-refractivity contribution in [3.8, 4) is 0 Å². The van der Waals surface area contributed by atoms with Crippen molar-refractivity contribution >= 4 is 5.78 Å². The highest BCUT2D eigenvalue weighted by molar-refractivity contribution is 5.82. The van der Waals surface area contributed by atoms with Crippen LogP contribution in [-0.4, -0.2) is 15.8 Å². The van der Waals surface area contributed by atoms with Crippen molar-refractivity contribution in [3.05, 3.63) is 23.3 Å². The summed E-state index contributed by atoms with van der Waals surface area (Å²) in [6.07, 6.45) is -3.39. The van der Waals surface area contributed by atoms with Crippen LogP contribution in [0.5, 0.6) is 0 Å². The van der Waals surface area contributed by atoms with E-state index in [1.54, 1.807) is 0 Å². The Labute approximate surface area is 83.3 Å². The molecular weight excluding hydrogens is 209 g/mol. The molecule has 0 aromatic carbocycles. The third kappa shape index (κ3) is 1.84. The monoisotopic (exact) mass is 216 g/mol. The van der Waals surface area contributed by atoms with E-state index in [-0.39, 0.29) is 36.3 Å². The van der Waals surface area contributed by atoms with Crippen molar-refractivity contribution in [3.63, 3.8) is 0 Å². The average molecular weight is 216 g/mol. The van der Waals surface area contributed by atoms with E-state index in [0.717, 1.165) is 6.33 Å². The lowest BCUT2D eigenvalue weighted by Crippen LogP contribution is -2.21. The second-order valence-electron chi connectivity index (χ2n) is 3.36. The van der Waals surface area contributed by atoms with E-state index in [1.807, 2.05) is 0 Å². The van der Waals surface area contributed by atoms with E-state index >= 15 is 0 Å². The fourth-order valence-electron chi connectivity index (χ4n) is 1.65. The van der Waals surface area contributed by atoms with Crippen LogP contribution in [0.25, 0.3) is 0 Å². The molecule has 0 amide bonds. The number of carbonyl (C=O) groups is 1. The molecule has 15 heavy (non-hydrogen) atoms. The summed E-state index contributed by atoms with van der Waals surface area (Å²) in [4.78, 5) is 18.0. The van der Waals surface area contributed by atoms with Crippen molar-refractivity contribution in [2.24, 2.45) is 0 Å². The molecule has 0 atom stereocenters. The molecule has 1 aromatic rings. The van der Waals surface area contributed by atoms with Gasteiger partial charge in [-0.15, -0.1) is 0 Å². The Kier molecular flexibility index (Phi) is 2.21. The van der Waals surface area contributed by atoms with Gasteiger partial charge in [-0.05, 0) is 6.42 Å². The second kappa shape index (κ2) is 3.29. The van der Waals surface area contributed by atoms with Crippen LogP contribution in [0.15, 0.2) is 6.33 Å².